The number of benzene rings is 2. The average Bonchev–Trinajstić information content (AvgIpc) is 2.24. The Bertz CT molecular complexity index is 882. The molecule has 0 heterocycles. The summed E-state index contributed by atoms with van der Waals surface area (Å²) in [4.78, 5) is -1.25. The quantitative estimate of drug-likeness (QED) is 0.359. The molecule has 0 saturated carbocycles. The number of fused-ring (bicyclic) bond motifs is 1. The van der Waals surface area contributed by atoms with Crippen LogP contribution in [-0.2, 0) is 20.2 Å². The van der Waals surface area contributed by atoms with Gasteiger partial charge in [0.2, 0.25) is 0 Å². The number of nitrogen functional groups attached to an aromatic ring is 1. The van der Waals surface area contributed by atoms with Crippen molar-refractivity contribution in [1.29, 1.82) is 0 Å². The summed E-state index contributed by atoms with van der Waals surface area (Å²) >= 11 is 0. The van der Waals surface area contributed by atoms with Crippen LogP contribution in [0.3, 0.4) is 0 Å². The molecule has 0 fully saturated rings. The Balaban J connectivity index is 0. The third-order valence-corrected chi connectivity index (χ3v) is 4.21. The van der Waals surface area contributed by atoms with Crippen molar-refractivity contribution < 1.29 is 31.4 Å². The third kappa shape index (κ3) is 5.42. The van der Waals surface area contributed by atoms with Crippen LogP contribution < -0.4 is 5.73 Å². The van der Waals surface area contributed by atoms with Crippen LogP contribution in [0.25, 0.3) is 10.8 Å². The summed E-state index contributed by atoms with van der Waals surface area (Å²) in [5, 5.41) is 0.270. The summed E-state index contributed by atoms with van der Waals surface area (Å²) in [7, 11) is -9.25. The van der Waals surface area contributed by atoms with Crippen LogP contribution in [0.4, 0.5) is 5.69 Å². The van der Waals surface area contributed by atoms with Gasteiger partial charge in [0.15, 0.2) is 0 Å². The van der Waals surface area contributed by atoms with Crippen molar-refractivity contribution in [3.63, 3.8) is 0 Å². The van der Waals surface area contributed by atoms with E-state index in [0.717, 1.165) is 6.07 Å². The maximum atomic E-state index is 11.3. The molecule has 0 bridgehead atoms. The van der Waals surface area contributed by atoms with Gasteiger partial charge < -0.3 is 11.2 Å². The van der Waals surface area contributed by atoms with E-state index in [1.165, 1.54) is 18.2 Å². The number of rotatable bonds is 2. The summed E-state index contributed by atoms with van der Waals surface area (Å²) in [6.07, 6.45) is 0. The first-order valence-electron chi connectivity index (χ1n) is 4.87. The van der Waals surface area contributed by atoms with Crippen molar-refractivity contribution in [2.24, 2.45) is 0 Å². The number of hydrogen-bond acceptors (Lipinski definition) is 5. The first-order chi connectivity index (χ1) is 8.59. The summed E-state index contributed by atoms with van der Waals surface area (Å²) in [5.41, 5.74) is 5.80. The van der Waals surface area contributed by atoms with Crippen molar-refractivity contribution in [2.45, 2.75) is 9.79 Å². The van der Waals surface area contributed by atoms with Crippen LogP contribution in [0.2, 0.25) is 0 Å². The molecule has 0 aliphatic carbocycles. The summed E-state index contributed by atoms with van der Waals surface area (Å²) in [6, 6.07) is 5.82. The topological polar surface area (TPSA) is 166 Å². The van der Waals surface area contributed by atoms with Gasteiger partial charge in [0.1, 0.15) is 4.90 Å². The van der Waals surface area contributed by atoms with Crippen molar-refractivity contribution in [3.05, 3.63) is 30.3 Å². The van der Waals surface area contributed by atoms with Gasteiger partial charge in [0, 0.05) is 70.2 Å². The minimum Gasteiger partial charge on any atom is -0.412 e. The van der Waals surface area contributed by atoms with Gasteiger partial charge in [-0.3, -0.25) is 9.11 Å². The summed E-state index contributed by atoms with van der Waals surface area (Å²) in [5.74, 6) is 0. The molecule has 0 aromatic heterocycles. The molecule has 2 rings (SSSR count). The van der Waals surface area contributed by atoms with Crippen LogP contribution >= 0.6 is 0 Å². The normalized spacial score (nSPS) is 11.0. The molecule has 0 aliphatic rings. The molecule has 0 amide bonds. The Morgan fingerprint density at radius 2 is 1.41 bits per heavy atom. The third-order valence-electron chi connectivity index (χ3n) is 2.49. The first kappa shape index (κ1) is 24.5. The molecule has 112 valence electrons. The van der Waals surface area contributed by atoms with E-state index in [4.69, 9.17) is 14.8 Å². The van der Waals surface area contributed by atoms with Gasteiger partial charge in [-0.25, -0.2) is 0 Å². The molecule has 8 nitrogen and oxygen atoms in total. The second-order valence-electron chi connectivity index (χ2n) is 3.85. The van der Waals surface area contributed by atoms with E-state index in [9.17, 15) is 16.8 Å². The Morgan fingerprint density at radius 1 is 0.864 bits per heavy atom. The Hall–Kier alpha value is 0.280. The molecule has 0 aliphatic heterocycles. The minimum atomic E-state index is -4.64. The number of hydrogen-bond donors (Lipinski definition) is 3. The fraction of sp³-hybridized carbons (Fsp3) is 0. The Kier molecular flexibility index (Phi) is 9.37. The van der Waals surface area contributed by atoms with Gasteiger partial charge >= 0.3 is 0 Å². The molecular formula is C10H11NNa2O7S2. The molecule has 2 aromatic rings. The number of anilines is 1. The molecule has 0 spiro atoms. The zero-order valence-electron chi connectivity index (χ0n) is 11.8. The molecule has 12 heteroatoms. The maximum Gasteiger partial charge on any atom is 0.295 e. The first-order valence-corrected chi connectivity index (χ1v) is 7.75. The smallest absolute Gasteiger partial charge is 0.295 e. The molecule has 2 radical (unpaired) electrons. The van der Waals surface area contributed by atoms with Crippen LogP contribution in [0.15, 0.2) is 40.1 Å². The van der Waals surface area contributed by atoms with Gasteiger partial charge in [-0.1, -0.05) is 6.07 Å². The predicted octanol–water partition coefficient (Wildman–Crippen LogP) is -0.671. The van der Waals surface area contributed by atoms with Gasteiger partial charge in [-0.15, -0.1) is 0 Å². The second kappa shape index (κ2) is 8.40. The predicted molar refractivity (Wildman–Crippen MR) is 83.1 cm³/mol. The van der Waals surface area contributed by atoms with Crippen molar-refractivity contribution in [1.82, 2.24) is 0 Å². The molecule has 2 aromatic carbocycles. The van der Waals surface area contributed by atoms with E-state index < -0.39 is 30.0 Å². The zero-order valence-corrected chi connectivity index (χ0v) is 17.4. The van der Waals surface area contributed by atoms with Gasteiger partial charge in [0.05, 0.1) is 4.90 Å². The molecule has 0 atom stereocenters. The van der Waals surface area contributed by atoms with Crippen LogP contribution in [0, 0.1) is 0 Å². The molecule has 0 saturated heterocycles. The van der Waals surface area contributed by atoms with Crippen LogP contribution in [0.1, 0.15) is 0 Å². The fourth-order valence-electron chi connectivity index (χ4n) is 1.69. The largest absolute Gasteiger partial charge is 0.412 e. The van der Waals surface area contributed by atoms with Crippen molar-refractivity contribution >= 4 is 95.8 Å². The molecule has 22 heavy (non-hydrogen) atoms. The Morgan fingerprint density at radius 3 is 1.86 bits per heavy atom. The SMILES string of the molecule is Nc1ccc2c(S(=O)(=O)O)cc(S(=O)(=O)O)cc2c1.O.[Na].[Na]. The molecular weight excluding hydrogens is 356 g/mol. The maximum absolute atomic E-state index is 11.3. The number of nitrogens with two attached hydrogens (primary N) is 1. The van der Waals surface area contributed by atoms with E-state index in [2.05, 4.69) is 0 Å². The van der Waals surface area contributed by atoms with E-state index in [0.29, 0.717) is 6.07 Å². The van der Waals surface area contributed by atoms with Gasteiger partial charge in [-0.2, -0.15) is 16.8 Å². The van der Waals surface area contributed by atoms with Gasteiger partial charge in [-0.05, 0) is 29.7 Å². The standard InChI is InChI=1S/C10H9NO6S2.2Na.H2O/c11-7-1-2-9-6(3-7)4-8(18(12,13)14)5-10(9)19(15,16)17;;;/h1-5H,11H2,(H,12,13,14)(H,15,16,17);;;1H2. The van der Waals surface area contributed by atoms with E-state index in [-0.39, 0.29) is 81.1 Å². The second-order valence-corrected chi connectivity index (χ2v) is 6.66. The minimum absolute atomic E-state index is 0. The van der Waals surface area contributed by atoms with Crippen LogP contribution in [0.5, 0.6) is 0 Å². The summed E-state index contributed by atoms with van der Waals surface area (Å²) < 4.78 is 62.8. The van der Waals surface area contributed by atoms with Gasteiger partial charge in [0.25, 0.3) is 20.2 Å². The van der Waals surface area contributed by atoms with E-state index in [1.807, 2.05) is 0 Å². The fourth-order valence-corrected chi connectivity index (χ4v) is 3.05. The Labute approximate surface area is 171 Å². The van der Waals surface area contributed by atoms with Crippen molar-refractivity contribution in [3.8, 4) is 0 Å². The molecule has 0 unspecified atom stereocenters. The average molecular weight is 367 g/mol. The summed E-state index contributed by atoms with van der Waals surface area (Å²) in [6.45, 7) is 0. The van der Waals surface area contributed by atoms with E-state index >= 15 is 0 Å². The van der Waals surface area contributed by atoms with Crippen molar-refractivity contribution in [2.75, 3.05) is 5.73 Å². The van der Waals surface area contributed by atoms with E-state index in [1.54, 1.807) is 0 Å². The monoisotopic (exact) mass is 367 g/mol. The van der Waals surface area contributed by atoms with Crippen LogP contribution in [-0.4, -0.2) is 90.5 Å². The zero-order chi connectivity index (χ0) is 14.4. The molecule has 6 N–H and O–H groups in total.